The normalized spacial score (nSPS) is 11.4. The zero-order chi connectivity index (χ0) is 21.0. The number of aromatic carboxylic acids is 1. The minimum Gasteiger partial charge on any atom is -0.508 e. The van der Waals surface area contributed by atoms with Crippen molar-refractivity contribution in [1.82, 2.24) is 0 Å². The Morgan fingerprint density at radius 3 is 2.47 bits per heavy atom. The molecule has 5 nitrogen and oxygen atoms in total. The maximum absolute atomic E-state index is 12.1. The van der Waals surface area contributed by atoms with Crippen molar-refractivity contribution in [2.45, 2.75) is 6.92 Å². The first-order valence-corrected chi connectivity index (χ1v) is 9.39. The summed E-state index contributed by atoms with van der Waals surface area (Å²) in [6.45, 7) is 1.74. The standard InChI is InChI=1S/C25H16O5/c1-13-10-20-14(11-21(13)27)6-8-19-23(16-4-2-3-5-17(16)25(28)29)18-9-7-15(26)12-22(18)30-24(19)20/h2-12,26H,1H3,(H,28,29). The molecule has 0 bridgehead atoms. The smallest absolute Gasteiger partial charge is 0.336 e. The van der Waals surface area contributed by atoms with E-state index in [2.05, 4.69) is 0 Å². The lowest BCUT2D eigenvalue weighted by Gasteiger charge is -2.15. The van der Waals surface area contributed by atoms with Gasteiger partial charge in [0.2, 0.25) is 0 Å². The number of fused-ring (bicyclic) bond motifs is 4. The molecule has 2 N–H and O–H groups in total. The van der Waals surface area contributed by atoms with Crippen molar-refractivity contribution < 1.29 is 19.4 Å². The van der Waals surface area contributed by atoms with Crippen LogP contribution in [0.4, 0.5) is 0 Å². The van der Waals surface area contributed by atoms with Crippen molar-refractivity contribution in [2.24, 2.45) is 0 Å². The lowest BCUT2D eigenvalue weighted by molar-refractivity contribution is 0.0697. The molecule has 0 aliphatic rings. The monoisotopic (exact) mass is 396 g/mol. The van der Waals surface area contributed by atoms with Crippen LogP contribution < -0.4 is 5.43 Å². The van der Waals surface area contributed by atoms with Crippen molar-refractivity contribution in [3.63, 3.8) is 0 Å². The van der Waals surface area contributed by atoms with Gasteiger partial charge in [-0.15, -0.1) is 0 Å². The maximum atomic E-state index is 12.1. The van der Waals surface area contributed by atoms with Gasteiger partial charge in [-0.05, 0) is 59.8 Å². The predicted molar refractivity (Wildman–Crippen MR) is 116 cm³/mol. The molecule has 0 aliphatic heterocycles. The predicted octanol–water partition coefficient (Wildman–Crippen LogP) is 5.48. The molecule has 0 fully saturated rings. The largest absolute Gasteiger partial charge is 0.508 e. The SMILES string of the molecule is Cc1cc2c(ccc3c(-c4ccccc4C(=O)O)c4ccc(O)cc4oc32)cc1=O. The lowest BCUT2D eigenvalue weighted by atomic mass is 9.92. The Morgan fingerprint density at radius 2 is 1.67 bits per heavy atom. The highest BCUT2D eigenvalue weighted by atomic mass is 16.4. The van der Waals surface area contributed by atoms with E-state index in [-0.39, 0.29) is 16.7 Å². The molecule has 0 spiro atoms. The average molecular weight is 396 g/mol. The molecule has 1 heterocycles. The van der Waals surface area contributed by atoms with Crippen molar-refractivity contribution in [3.8, 4) is 16.9 Å². The van der Waals surface area contributed by atoms with E-state index in [9.17, 15) is 19.8 Å². The first-order chi connectivity index (χ1) is 14.4. The second kappa shape index (κ2) is 6.46. The van der Waals surface area contributed by atoms with E-state index in [1.165, 1.54) is 6.07 Å². The molecule has 0 radical (unpaired) electrons. The lowest BCUT2D eigenvalue weighted by Crippen LogP contribution is -2.02. The maximum Gasteiger partial charge on any atom is 0.336 e. The highest BCUT2D eigenvalue weighted by molar-refractivity contribution is 6.17. The third-order valence-corrected chi connectivity index (χ3v) is 5.41. The summed E-state index contributed by atoms with van der Waals surface area (Å²) in [5.41, 5.74) is 2.92. The van der Waals surface area contributed by atoms with Crippen LogP contribution >= 0.6 is 0 Å². The van der Waals surface area contributed by atoms with Gasteiger partial charge in [0.1, 0.15) is 16.9 Å². The summed E-state index contributed by atoms with van der Waals surface area (Å²) < 4.78 is 6.19. The number of rotatable bonds is 2. The molecule has 0 atom stereocenters. The molecule has 5 aromatic rings. The summed E-state index contributed by atoms with van der Waals surface area (Å²) in [7, 11) is 0. The minimum absolute atomic E-state index is 0.0429. The molecule has 5 rings (SSSR count). The van der Waals surface area contributed by atoms with E-state index >= 15 is 0 Å². The molecule has 0 saturated heterocycles. The van der Waals surface area contributed by atoms with Crippen LogP contribution in [0.2, 0.25) is 0 Å². The molecule has 5 heteroatoms. The Balaban J connectivity index is 2.05. The molecular weight excluding hydrogens is 380 g/mol. The number of carbonyl (C=O) groups is 1. The average Bonchev–Trinajstić information content (AvgIpc) is 2.73. The van der Waals surface area contributed by atoms with Gasteiger partial charge in [-0.25, -0.2) is 4.79 Å². The number of phenolic OH excluding ortho intramolecular Hbond substituents is 1. The summed E-state index contributed by atoms with van der Waals surface area (Å²) in [6.07, 6.45) is 0. The summed E-state index contributed by atoms with van der Waals surface area (Å²) in [4.78, 5) is 24.0. The fourth-order valence-corrected chi connectivity index (χ4v) is 3.97. The van der Waals surface area contributed by atoms with Crippen molar-refractivity contribution in [2.75, 3.05) is 0 Å². The zero-order valence-corrected chi connectivity index (χ0v) is 16.0. The van der Waals surface area contributed by atoms with Crippen LogP contribution in [0.5, 0.6) is 5.75 Å². The number of phenols is 1. The van der Waals surface area contributed by atoms with Gasteiger partial charge in [-0.3, -0.25) is 4.79 Å². The van der Waals surface area contributed by atoms with E-state index in [4.69, 9.17) is 4.42 Å². The number of carboxylic acid groups (broad SMARTS) is 1. The second-order valence-corrected chi connectivity index (χ2v) is 7.29. The van der Waals surface area contributed by atoms with E-state index in [0.717, 1.165) is 16.2 Å². The van der Waals surface area contributed by atoms with Gasteiger partial charge in [0.05, 0.1) is 5.56 Å². The van der Waals surface area contributed by atoms with Crippen LogP contribution in [0.25, 0.3) is 43.8 Å². The topological polar surface area (TPSA) is 87.7 Å². The number of carboxylic acids is 1. The van der Waals surface area contributed by atoms with E-state index < -0.39 is 5.97 Å². The molecule has 0 unspecified atom stereocenters. The van der Waals surface area contributed by atoms with Crippen LogP contribution in [0.1, 0.15) is 15.9 Å². The van der Waals surface area contributed by atoms with Gasteiger partial charge in [0.25, 0.3) is 0 Å². The minimum atomic E-state index is -1.03. The molecule has 30 heavy (non-hydrogen) atoms. The Bertz CT molecular complexity index is 1560. The second-order valence-electron chi connectivity index (χ2n) is 7.29. The molecule has 0 aliphatic carbocycles. The number of aromatic hydroxyl groups is 1. The van der Waals surface area contributed by atoms with Crippen molar-refractivity contribution in [1.29, 1.82) is 0 Å². The van der Waals surface area contributed by atoms with Gasteiger partial charge in [0, 0.05) is 27.8 Å². The van der Waals surface area contributed by atoms with E-state index in [0.29, 0.717) is 33.2 Å². The van der Waals surface area contributed by atoms with Crippen molar-refractivity contribution in [3.05, 3.63) is 88.1 Å². The molecule has 1 aromatic heterocycles. The highest BCUT2D eigenvalue weighted by Gasteiger charge is 2.19. The van der Waals surface area contributed by atoms with E-state index in [1.807, 2.05) is 12.1 Å². The van der Waals surface area contributed by atoms with Gasteiger partial charge in [0.15, 0.2) is 5.43 Å². The van der Waals surface area contributed by atoms with Crippen LogP contribution in [0.3, 0.4) is 0 Å². The van der Waals surface area contributed by atoms with Crippen LogP contribution in [0, 0.1) is 6.92 Å². The summed E-state index contributed by atoms with van der Waals surface area (Å²) in [6, 6.07) is 18.6. The Morgan fingerprint density at radius 1 is 0.900 bits per heavy atom. The quantitative estimate of drug-likeness (QED) is 0.305. The number of aryl methyl sites for hydroxylation is 1. The van der Waals surface area contributed by atoms with Crippen LogP contribution in [0.15, 0.2) is 75.9 Å². The molecule has 146 valence electrons. The summed E-state index contributed by atoms with van der Waals surface area (Å²) in [5.74, 6) is -0.986. The Kier molecular flexibility index (Phi) is 3.86. The van der Waals surface area contributed by atoms with Gasteiger partial charge >= 0.3 is 5.97 Å². The fraction of sp³-hybridized carbons (Fsp3) is 0.0400. The number of benzene rings is 4. The number of hydrogen-bond donors (Lipinski definition) is 2. The summed E-state index contributed by atoms with van der Waals surface area (Å²) in [5, 5.41) is 22.7. The fourth-order valence-electron chi connectivity index (χ4n) is 3.97. The molecule has 0 amide bonds. The van der Waals surface area contributed by atoms with E-state index in [1.54, 1.807) is 55.5 Å². The third kappa shape index (κ3) is 2.63. The van der Waals surface area contributed by atoms with Gasteiger partial charge in [-0.2, -0.15) is 0 Å². The van der Waals surface area contributed by atoms with Gasteiger partial charge in [-0.1, -0.05) is 24.3 Å². The van der Waals surface area contributed by atoms with Gasteiger partial charge < -0.3 is 14.6 Å². The zero-order valence-electron chi connectivity index (χ0n) is 16.0. The third-order valence-electron chi connectivity index (χ3n) is 5.41. The Hall–Kier alpha value is -4.12. The molecular formula is C25H16O5. The summed E-state index contributed by atoms with van der Waals surface area (Å²) >= 11 is 0. The highest BCUT2D eigenvalue weighted by Crippen LogP contribution is 2.41. The molecule has 4 aromatic carbocycles. The van der Waals surface area contributed by atoms with Crippen LogP contribution in [-0.2, 0) is 0 Å². The van der Waals surface area contributed by atoms with Crippen LogP contribution in [-0.4, -0.2) is 16.2 Å². The first-order valence-electron chi connectivity index (χ1n) is 9.39. The Labute approximate surface area is 170 Å². The number of hydrogen-bond acceptors (Lipinski definition) is 4. The van der Waals surface area contributed by atoms with Crippen molar-refractivity contribution >= 4 is 38.7 Å². The first kappa shape index (κ1) is 17.9. The molecule has 0 saturated carbocycles.